The molecule has 0 aliphatic heterocycles. The minimum atomic E-state index is -0.864. The highest BCUT2D eigenvalue weighted by Crippen LogP contribution is 2.17. The molecule has 1 aliphatic carbocycles. The fourth-order valence-corrected chi connectivity index (χ4v) is 2.45. The number of carbonyl (C=O) groups excluding carboxylic acids is 3. The Labute approximate surface area is 135 Å². The van der Waals surface area contributed by atoms with Crippen molar-refractivity contribution in [3.8, 4) is 0 Å². The van der Waals surface area contributed by atoms with Gasteiger partial charge < -0.3 is 5.32 Å². The summed E-state index contributed by atoms with van der Waals surface area (Å²) in [6, 6.07) is 9.34. The second-order valence-corrected chi connectivity index (χ2v) is 5.50. The summed E-state index contributed by atoms with van der Waals surface area (Å²) in [7, 11) is 0. The Bertz CT molecular complexity index is 578. The van der Waals surface area contributed by atoms with Gasteiger partial charge in [0.1, 0.15) is 0 Å². The van der Waals surface area contributed by atoms with Crippen molar-refractivity contribution in [2.75, 3.05) is 0 Å². The number of carbonyl (C=O) groups is 3. The van der Waals surface area contributed by atoms with Gasteiger partial charge in [0, 0.05) is 12.1 Å². The van der Waals surface area contributed by atoms with Gasteiger partial charge in [0.2, 0.25) is 0 Å². The third-order valence-electron chi connectivity index (χ3n) is 3.67. The van der Waals surface area contributed by atoms with Gasteiger partial charge in [-0.25, -0.2) is 0 Å². The Morgan fingerprint density at radius 2 is 1.61 bits per heavy atom. The summed E-state index contributed by atoms with van der Waals surface area (Å²) < 4.78 is 0. The van der Waals surface area contributed by atoms with Gasteiger partial charge in [0.15, 0.2) is 0 Å². The van der Waals surface area contributed by atoms with Crippen LogP contribution < -0.4 is 16.2 Å². The molecule has 1 aliphatic rings. The minimum Gasteiger partial charge on any atom is -0.345 e. The Kier molecular flexibility index (Phi) is 6.35. The van der Waals surface area contributed by atoms with Gasteiger partial charge in [-0.2, -0.15) is 0 Å². The lowest BCUT2D eigenvalue weighted by Gasteiger charge is -2.22. The van der Waals surface area contributed by atoms with Crippen molar-refractivity contribution in [1.29, 1.82) is 0 Å². The van der Waals surface area contributed by atoms with E-state index in [0.29, 0.717) is 0 Å². The topological polar surface area (TPSA) is 87.3 Å². The van der Waals surface area contributed by atoms with Gasteiger partial charge in [-0.05, 0) is 24.5 Å². The zero-order chi connectivity index (χ0) is 16.5. The Balaban J connectivity index is 1.71. The van der Waals surface area contributed by atoms with Crippen LogP contribution in [0.5, 0.6) is 0 Å². The van der Waals surface area contributed by atoms with Crippen molar-refractivity contribution in [3.05, 3.63) is 42.0 Å². The van der Waals surface area contributed by atoms with Crippen LogP contribution in [0.2, 0.25) is 0 Å². The van der Waals surface area contributed by atoms with Crippen molar-refractivity contribution in [3.63, 3.8) is 0 Å². The molecule has 1 fully saturated rings. The average Bonchev–Trinajstić information content (AvgIpc) is 2.59. The summed E-state index contributed by atoms with van der Waals surface area (Å²) in [5.41, 5.74) is 5.16. The summed E-state index contributed by atoms with van der Waals surface area (Å²) in [5, 5.41) is 2.68. The molecule has 0 spiro atoms. The maximum atomic E-state index is 11.7. The number of nitrogens with one attached hydrogen (secondary N) is 3. The van der Waals surface area contributed by atoms with E-state index in [2.05, 4.69) is 16.2 Å². The number of amides is 3. The molecule has 1 saturated carbocycles. The van der Waals surface area contributed by atoms with Crippen LogP contribution in [0.1, 0.15) is 37.7 Å². The molecule has 122 valence electrons. The zero-order valence-corrected chi connectivity index (χ0v) is 12.9. The molecular formula is C17H21N3O3. The van der Waals surface area contributed by atoms with E-state index in [-0.39, 0.29) is 6.04 Å². The van der Waals surface area contributed by atoms with Gasteiger partial charge in [0.05, 0.1) is 0 Å². The number of hydrogen-bond acceptors (Lipinski definition) is 3. The summed E-state index contributed by atoms with van der Waals surface area (Å²) in [6.07, 6.45) is 7.98. The molecule has 6 nitrogen and oxygen atoms in total. The van der Waals surface area contributed by atoms with Crippen LogP contribution in [-0.2, 0) is 14.4 Å². The first kappa shape index (κ1) is 16.7. The van der Waals surface area contributed by atoms with E-state index in [1.54, 1.807) is 6.08 Å². The van der Waals surface area contributed by atoms with E-state index >= 15 is 0 Å². The molecule has 0 bridgehead atoms. The van der Waals surface area contributed by atoms with Crippen LogP contribution in [0.15, 0.2) is 36.4 Å². The molecule has 2 rings (SSSR count). The molecule has 23 heavy (non-hydrogen) atoms. The summed E-state index contributed by atoms with van der Waals surface area (Å²) >= 11 is 0. The normalized spacial score (nSPS) is 15.1. The second-order valence-electron chi connectivity index (χ2n) is 5.50. The van der Waals surface area contributed by atoms with Crippen LogP contribution in [0, 0.1) is 0 Å². The lowest BCUT2D eigenvalue weighted by molar-refractivity contribution is -0.141. The fraction of sp³-hybridized carbons (Fsp3) is 0.353. The molecule has 0 radical (unpaired) electrons. The molecule has 6 heteroatoms. The third kappa shape index (κ3) is 5.94. The predicted octanol–water partition coefficient (Wildman–Crippen LogP) is 1.30. The number of rotatable bonds is 3. The summed E-state index contributed by atoms with van der Waals surface area (Å²) in [4.78, 5) is 34.9. The van der Waals surface area contributed by atoms with E-state index in [1.165, 1.54) is 12.5 Å². The highest BCUT2D eigenvalue weighted by Gasteiger charge is 2.20. The van der Waals surface area contributed by atoms with E-state index in [0.717, 1.165) is 31.2 Å². The number of benzene rings is 1. The summed E-state index contributed by atoms with van der Waals surface area (Å²) in [5.74, 6) is -2.09. The molecule has 1 aromatic rings. The molecule has 0 saturated heterocycles. The van der Waals surface area contributed by atoms with E-state index in [9.17, 15) is 14.4 Å². The van der Waals surface area contributed by atoms with Crippen molar-refractivity contribution < 1.29 is 14.4 Å². The molecule has 0 atom stereocenters. The van der Waals surface area contributed by atoms with Crippen molar-refractivity contribution in [2.45, 2.75) is 38.1 Å². The maximum absolute atomic E-state index is 11.7. The highest BCUT2D eigenvalue weighted by molar-refractivity contribution is 6.35. The van der Waals surface area contributed by atoms with Crippen molar-refractivity contribution in [2.24, 2.45) is 0 Å². The van der Waals surface area contributed by atoms with Gasteiger partial charge in [-0.15, -0.1) is 0 Å². The Morgan fingerprint density at radius 3 is 2.30 bits per heavy atom. The first-order valence-corrected chi connectivity index (χ1v) is 7.79. The lowest BCUT2D eigenvalue weighted by atomic mass is 9.95. The fourth-order valence-electron chi connectivity index (χ4n) is 2.45. The van der Waals surface area contributed by atoms with Gasteiger partial charge in [0.25, 0.3) is 5.91 Å². The predicted molar refractivity (Wildman–Crippen MR) is 86.8 cm³/mol. The van der Waals surface area contributed by atoms with Gasteiger partial charge >= 0.3 is 11.8 Å². The van der Waals surface area contributed by atoms with Crippen LogP contribution in [0.25, 0.3) is 6.08 Å². The molecule has 3 N–H and O–H groups in total. The van der Waals surface area contributed by atoms with E-state index < -0.39 is 17.7 Å². The second kappa shape index (κ2) is 8.73. The molecule has 0 unspecified atom stereocenters. The largest absolute Gasteiger partial charge is 0.345 e. The van der Waals surface area contributed by atoms with E-state index in [1.807, 2.05) is 30.3 Å². The SMILES string of the molecule is O=C(C=Cc1ccccc1)NNC(=O)C(=O)NC1CCCCC1. The summed E-state index contributed by atoms with van der Waals surface area (Å²) in [6.45, 7) is 0. The number of hydrogen-bond donors (Lipinski definition) is 3. The smallest absolute Gasteiger partial charge is 0.327 e. The van der Waals surface area contributed by atoms with Crippen molar-refractivity contribution in [1.82, 2.24) is 16.2 Å². The minimum absolute atomic E-state index is 0.0516. The zero-order valence-electron chi connectivity index (χ0n) is 12.9. The Hall–Kier alpha value is -2.63. The molecular weight excluding hydrogens is 294 g/mol. The monoisotopic (exact) mass is 315 g/mol. The van der Waals surface area contributed by atoms with Crippen LogP contribution in [-0.4, -0.2) is 23.8 Å². The van der Waals surface area contributed by atoms with Gasteiger partial charge in [-0.1, -0.05) is 49.6 Å². The molecule has 0 heterocycles. The van der Waals surface area contributed by atoms with Gasteiger partial charge in [-0.3, -0.25) is 25.2 Å². The standard InChI is InChI=1S/C17H21N3O3/c21-15(12-11-13-7-3-1-4-8-13)19-20-17(23)16(22)18-14-9-5-2-6-10-14/h1,3-4,7-8,11-12,14H,2,5-6,9-10H2,(H,18,22)(H,19,21)(H,20,23). The Morgan fingerprint density at radius 1 is 0.913 bits per heavy atom. The first-order valence-electron chi connectivity index (χ1n) is 7.79. The van der Waals surface area contributed by atoms with Crippen LogP contribution >= 0.6 is 0 Å². The maximum Gasteiger partial charge on any atom is 0.327 e. The third-order valence-corrected chi connectivity index (χ3v) is 3.67. The lowest BCUT2D eigenvalue weighted by Crippen LogP contribution is -2.50. The van der Waals surface area contributed by atoms with E-state index in [4.69, 9.17) is 0 Å². The van der Waals surface area contributed by atoms with Crippen LogP contribution in [0.3, 0.4) is 0 Å². The molecule has 3 amide bonds. The highest BCUT2D eigenvalue weighted by atomic mass is 16.2. The molecule has 1 aromatic carbocycles. The van der Waals surface area contributed by atoms with Crippen molar-refractivity contribution >= 4 is 23.8 Å². The first-order chi connectivity index (χ1) is 11.1. The van der Waals surface area contributed by atoms with Crippen LogP contribution in [0.4, 0.5) is 0 Å². The quantitative estimate of drug-likeness (QED) is 0.446. The average molecular weight is 315 g/mol. The molecule has 0 aromatic heterocycles. The number of hydrazine groups is 1.